The average molecular weight is 357 g/mol. The Morgan fingerprint density at radius 2 is 2.00 bits per heavy atom. The molecule has 0 fully saturated rings. The predicted octanol–water partition coefficient (Wildman–Crippen LogP) is 4.00. The van der Waals surface area contributed by atoms with Crippen molar-refractivity contribution in [3.05, 3.63) is 58.0 Å². The van der Waals surface area contributed by atoms with Crippen LogP contribution in [0.4, 0.5) is 0 Å². The molecule has 0 aliphatic rings. The number of nitrogens with zero attached hydrogens (tertiary/aromatic N) is 3. The lowest BCUT2D eigenvalue weighted by Crippen LogP contribution is -2.30. The minimum Gasteiger partial charge on any atom is -0.350 e. The van der Waals surface area contributed by atoms with E-state index in [2.05, 4.69) is 15.4 Å². The number of halogens is 1. The Morgan fingerprint density at radius 3 is 2.68 bits per heavy atom. The maximum Gasteiger partial charge on any atom is 0.252 e. The first-order valence-electron chi connectivity index (χ1n) is 8.23. The number of benzene rings is 1. The third-order valence-corrected chi connectivity index (χ3v) is 4.49. The number of carbonyl (C=O) groups excluding carboxylic acids is 1. The van der Waals surface area contributed by atoms with E-state index in [-0.39, 0.29) is 11.9 Å². The summed E-state index contributed by atoms with van der Waals surface area (Å²) in [6, 6.07) is 9.37. The monoisotopic (exact) mass is 356 g/mol. The summed E-state index contributed by atoms with van der Waals surface area (Å²) < 4.78 is 1.93. The molecule has 0 aliphatic heterocycles. The van der Waals surface area contributed by atoms with E-state index in [1.165, 1.54) is 0 Å². The fourth-order valence-electron chi connectivity index (χ4n) is 3.04. The first-order valence-corrected chi connectivity index (χ1v) is 8.61. The highest BCUT2D eigenvalue weighted by Gasteiger charge is 2.16. The van der Waals surface area contributed by atoms with Gasteiger partial charge in [0.1, 0.15) is 0 Å². The highest BCUT2D eigenvalue weighted by Crippen LogP contribution is 2.25. The van der Waals surface area contributed by atoms with Gasteiger partial charge < -0.3 is 5.32 Å². The number of hydrogen-bond acceptors (Lipinski definition) is 3. The zero-order chi connectivity index (χ0) is 18.1. The van der Waals surface area contributed by atoms with Crippen LogP contribution in [0, 0.1) is 20.8 Å². The minimum absolute atomic E-state index is 0.0652. The number of pyridine rings is 1. The average Bonchev–Trinajstić information content (AvgIpc) is 2.91. The van der Waals surface area contributed by atoms with Crippen molar-refractivity contribution in [2.24, 2.45) is 0 Å². The van der Waals surface area contributed by atoms with E-state index in [1.54, 1.807) is 12.1 Å². The summed E-state index contributed by atoms with van der Waals surface area (Å²) in [7, 11) is 0. The van der Waals surface area contributed by atoms with Gasteiger partial charge in [0.05, 0.1) is 27.8 Å². The number of aromatic nitrogens is 3. The SMILES string of the molecule is Cc1cc(C(=O)NC[C@@H](C)n2nc(C)cc2C)c2cccc(Cl)c2n1. The third kappa shape index (κ3) is 3.51. The Morgan fingerprint density at radius 1 is 1.24 bits per heavy atom. The second-order valence-electron chi connectivity index (χ2n) is 6.38. The van der Waals surface area contributed by atoms with E-state index >= 15 is 0 Å². The quantitative estimate of drug-likeness (QED) is 0.768. The molecular formula is C19H21ClN4O. The number of nitrogens with one attached hydrogen (secondary N) is 1. The van der Waals surface area contributed by atoms with Gasteiger partial charge in [-0.25, -0.2) is 0 Å². The van der Waals surface area contributed by atoms with Gasteiger partial charge in [-0.1, -0.05) is 23.7 Å². The molecule has 6 heteroatoms. The summed E-state index contributed by atoms with van der Waals surface area (Å²) in [6.45, 7) is 8.36. The van der Waals surface area contributed by atoms with Crippen LogP contribution in [-0.4, -0.2) is 27.2 Å². The Bertz CT molecular complexity index is 948. The Kier molecular flexibility index (Phi) is 4.77. The van der Waals surface area contributed by atoms with Crippen LogP contribution < -0.4 is 5.32 Å². The molecular weight excluding hydrogens is 336 g/mol. The summed E-state index contributed by atoms with van der Waals surface area (Å²) in [4.78, 5) is 17.2. The highest BCUT2D eigenvalue weighted by atomic mass is 35.5. The molecule has 0 saturated carbocycles. The van der Waals surface area contributed by atoms with Crippen molar-refractivity contribution in [3.8, 4) is 0 Å². The lowest BCUT2D eigenvalue weighted by Gasteiger charge is -2.16. The van der Waals surface area contributed by atoms with Crippen LogP contribution in [0.5, 0.6) is 0 Å². The number of amides is 1. The molecule has 1 N–H and O–H groups in total. The zero-order valence-corrected chi connectivity index (χ0v) is 15.6. The van der Waals surface area contributed by atoms with Gasteiger partial charge in [-0.15, -0.1) is 0 Å². The molecule has 1 aromatic carbocycles. The van der Waals surface area contributed by atoms with Crippen LogP contribution in [0.2, 0.25) is 5.02 Å². The maximum absolute atomic E-state index is 12.7. The molecule has 5 nitrogen and oxygen atoms in total. The smallest absolute Gasteiger partial charge is 0.252 e. The topological polar surface area (TPSA) is 59.8 Å². The standard InChI is InChI=1S/C19H21ClN4O/c1-11-9-16(15-6-5-7-17(20)18(15)22-11)19(25)21-10-14(4)24-13(3)8-12(2)23-24/h5-9,14H,10H2,1-4H3,(H,21,25)/t14-/m1/s1. The van der Waals surface area contributed by atoms with Crippen molar-refractivity contribution >= 4 is 28.4 Å². The van der Waals surface area contributed by atoms with E-state index < -0.39 is 0 Å². The van der Waals surface area contributed by atoms with Gasteiger partial charge in [0, 0.05) is 23.3 Å². The van der Waals surface area contributed by atoms with E-state index in [4.69, 9.17) is 11.6 Å². The maximum atomic E-state index is 12.7. The molecule has 3 rings (SSSR count). The third-order valence-electron chi connectivity index (χ3n) is 4.18. The molecule has 2 aromatic heterocycles. The van der Waals surface area contributed by atoms with Crippen LogP contribution in [-0.2, 0) is 0 Å². The summed E-state index contributed by atoms with van der Waals surface area (Å²) in [5.41, 5.74) is 4.06. The van der Waals surface area contributed by atoms with Crippen molar-refractivity contribution < 1.29 is 4.79 Å². The number of fused-ring (bicyclic) bond motifs is 1. The van der Waals surface area contributed by atoms with Gasteiger partial charge in [0.2, 0.25) is 0 Å². The zero-order valence-electron chi connectivity index (χ0n) is 14.8. The van der Waals surface area contributed by atoms with Crippen molar-refractivity contribution in [2.45, 2.75) is 33.7 Å². The second kappa shape index (κ2) is 6.84. The van der Waals surface area contributed by atoms with Crippen LogP contribution >= 0.6 is 11.6 Å². The van der Waals surface area contributed by atoms with E-state index in [1.807, 2.05) is 50.6 Å². The predicted molar refractivity (Wildman–Crippen MR) is 100 cm³/mol. The van der Waals surface area contributed by atoms with Gasteiger partial charge in [0.15, 0.2) is 0 Å². The summed E-state index contributed by atoms with van der Waals surface area (Å²) >= 11 is 6.23. The summed E-state index contributed by atoms with van der Waals surface area (Å²) in [5, 5.41) is 8.78. The summed E-state index contributed by atoms with van der Waals surface area (Å²) in [6.07, 6.45) is 0. The van der Waals surface area contributed by atoms with Gasteiger partial charge in [-0.2, -0.15) is 5.10 Å². The largest absolute Gasteiger partial charge is 0.350 e. The van der Waals surface area contributed by atoms with Crippen molar-refractivity contribution in [2.75, 3.05) is 6.54 Å². The molecule has 0 aliphatic carbocycles. The van der Waals surface area contributed by atoms with Gasteiger partial charge >= 0.3 is 0 Å². The van der Waals surface area contributed by atoms with E-state index in [0.717, 1.165) is 22.5 Å². The summed E-state index contributed by atoms with van der Waals surface area (Å²) in [5.74, 6) is -0.133. The highest BCUT2D eigenvalue weighted by molar-refractivity contribution is 6.35. The van der Waals surface area contributed by atoms with E-state index in [9.17, 15) is 4.79 Å². The minimum atomic E-state index is -0.133. The van der Waals surface area contributed by atoms with Crippen LogP contribution in [0.3, 0.4) is 0 Å². The van der Waals surface area contributed by atoms with E-state index in [0.29, 0.717) is 22.6 Å². The van der Waals surface area contributed by atoms with Gasteiger partial charge in [-0.3, -0.25) is 14.5 Å². The molecule has 0 saturated heterocycles. The molecule has 2 heterocycles. The first-order chi connectivity index (χ1) is 11.9. The molecule has 25 heavy (non-hydrogen) atoms. The number of para-hydroxylation sites is 1. The molecule has 0 radical (unpaired) electrons. The normalized spacial score (nSPS) is 12.4. The van der Waals surface area contributed by atoms with Crippen molar-refractivity contribution in [3.63, 3.8) is 0 Å². The number of carbonyl (C=O) groups is 1. The number of rotatable bonds is 4. The first kappa shape index (κ1) is 17.4. The Labute approximate surface area is 152 Å². The molecule has 130 valence electrons. The molecule has 3 aromatic rings. The lowest BCUT2D eigenvalue weighted by molar-refractivity contribution is 0.0949. The van der Waals surface area contributed by atoms with Gasteiger partial charge in [-0.05, 0) is 45.9 Å². The lowest BCUT2D eigenvalue weighted by atomic mass is 10.1. The van der Waals surface area contributed by atoms with Crippen molar-refractivity contribution in [1.29, 1.82) is 0 Å². The fraction of sp³-hybridized carbons (Fsp3) is 0.316. The Hall–Kier alpha value is -2.40. The molecule has 0 unspecified atom stereocenters. The molecule has 1 amide bonds. The van der Waals surface area contributed by atoms with Crippen LogP contribution in [0.15, 0.2) is 30.3 Å². The second-order valence-corrected chi connectivity index (χ2v) is 6.79. The van der Waals surface area contributed by atoms with Crippen molar-refractivity contribution in [1.82, 2.24) is 20.1 Å². The molecule has 0 spiro atoms. The van der Waals surface area contributed by atoms with Gasteiger partial charge in [0.25, 0.3) is 5.91 Å². The number of hydrogen-bond donors (Lipinski definition) is 1. The molecule has 0 bridgehead atoms. The van der Waals surface area contributed by atoms with Crippen LogP contribution in [0.25, 0.3) is 10.9 Å². The Balaban J connectivity index is 1.83. The van der Waals surface area contributed by atoms with Crippen LogP contribution in [0.1, 0.15) is 40.4 Å². The molecule has 1 atom stereocenters. The number of aryl methyl sites for hydroxylation is 3. The fourth-order valence-corrected chi connectivity index (χ4v) is 3.26.